The van der Waals surface area contributed by atoms with Gasteiger partial charge in [-0.15, -0.1) is 0 Å². The number of halogens is 3. The van der Waals surface area contributed by atoms with Gasteiger partial charge in [-0.3, -0.25) is 4.79 Å². The molecular formula is C24H16F3N3O3. The van der Waals surface area contributed by atoms with Crippen LogP contribution in [0.1, 0.15) is 22.8 Å². The van der Waals surface area contributed by atoms with Gasteiger partial charge in [0.05, 0.1) is 22.7 Å². The number of fused-ring (bicyclic) bond motifs is 1. The maximum absolute atomic E-state index is 13.0. The molecule has 1 atom stereocenters. The van der Waals surface area contributed by atoms with Gasteiger partial charge in [-0.2, -0.15) is 18.4 Å². The fourth-order valence-electron chi connectivity index (χ4n) is 3.53. The van der Waals surface area contributed by atoms with Crippen molar-refractivity contribution >= 4 is 16.8 Å². The lowest BCUT2D eigenvalue weighted by atomic mass is 10.1. The number of nitriles is 1. The summed E-state index contributed by atoms with van der Waals surface area (Å²) in [6, 6.07) is 18.3. The number of carbonyl (C=O) groups excluding carboxylic acids is 1. The van der Waals surface area contributed by atoms with Gasteiger partial charge in [0.2, 0.25) is 0 Å². The van der Waals surface area contributed by atoms with Crippen molar-refractivity contribution < 1.29 is 27.8 Å². The van der Waals surface area contributed by atoms with Gasteiger partial charge in [-0.05, 0) is 48.5 Å². The minimum Gasteiger partial charge on any atom is -0.457 e. The van der Waals surface area contributed by atoms with E-state index < -0.39 is 29.3 Å². The van der Waals surface area contributed by atoms with Crippen molar-refractivity contribution in [2.24, 2.45) is 5.73 Å². The van der Waals surface area contributed by atoms with Crippen molar-refractivity contribution in [3.63, 3.8) is 0 Å². The van der Waals surface area contributed by atoms with Gasteiger partial charge in [0.1, 0.15) is 11.5 Å². The van der Waals surface area contributed by atoms with E-state index in [9.17, 15) is 23.1 Å². The largest absolute Gasteiger partial charge is 0.457 e. The summed E-state index contributed by atoms with van der Waals surface area (Å²) in [5.41, 5.74) is 5.49. The Balaban J connectivity index is 1.65. The third kappa shape index (κ3) is 4.24. The molecule has 4 aromatic rings. The number of rotatable bonds is 5. The van der Waals surface area contributed by atoms with Crippen molar-refractivity contribution in [2.75, 3.05) is 0 Å². The molecule has 0 spiro atoms. The number of hydrogen-bond acceptors (Lipinski definition) is 4. The van der Waals surface area contributed by atoms with E-state index in [0.717, 1.165) is 23.7 Å². The first kappa shape index (κ1) is 21.9. The molecule has 9 heteroatoms. The molecule has 1 heterocycles. The topological polar surface area (TPSA) is 101 Å². The van der Waals surface area contributed by atoms with Crippen LogP contribution in [0.4, 0.5) is 13.2 Å². The molecule has 33 heavy (non-hydrogen) atoms. The standard InChI is InChI=1S/C24H16F3N3O3/c25-24(26,27)20-10-9-17(11-14(20)12-28)33-16-7-5-15(6-8-16)30-13-19(22(31)23(29)32)18-3-1-2-4-21(18)30/h1-11,13,22,31H,(H2,29,32). The molecule has 0 aliphatic heterocycles. The predicted octanol–water partition coefficient (Wildman–Crippen LogP) is 4.83. The zero-order valence-corrected chi connectivity index (χ0v) is 16.9. The normalized spacial score (nSPS) is 12.3. The van der Waals surface area contributed by atoms with Crippen LogP contribution in [0, 0.1) is 11.3 Å². The Morgan fingerprint density at radius 1 is 1.06 bits per heavy atom. The third-order valence-corrected chi connectivity index (χ3v) is 5.07. The van der Waals surface area contributed by atoms with Crippen LogP contribution in [0.3, 0.4) is 0 Å². The summed E-state index contributed by atoms with van der Waals surface area (Å²) < 4.78 is 46.3. The molecule has 0 radical (unpaired) electrons. The van der Waals surface area contributed by atoms with Gasteiger partial charge < -0.3 is 20.1 Å². The van der Waals surface area contributed by atoms with E-state index in [2.05, 4.69) is 0 Å². The van der Waals surface area contributed by atoms with Crippen molar-refractivity contribution in [3.05, 3.63) is 89.6 Å². The van der Waals surface area contributed by atoms with Crippen LogP contribution < -0.4 is 10.5 Å². The molecule has 0 aliphatic carbocycles. The molecule has 6 nitrogen and oxygen atoms in total. The van der Waals surface area contributed by atoms with Gasteiger partial charge in [0, 0.05) is 22.8 Å². The van der Waals surface area contributed by atoms with E-state index in [0.29, 0.717) is 22.4 Å². The number of carbonyl (C=O) groups is 1. The average Bonchev–Trinajstić information content (AvgIpc) is 3.18. The van der Waals surface area contributed by atoms with Crippen molar-refractivity contribution in [3.8, 4) is 23.3 Å². The number of aliphatic hydroxyl groups excluding tert-OH is 1. The molecule has 0 saturated heterocycles. The zero-order valence-electron chi connectivity index (χ0n) is 16.9. The van der Waals surface area contributed by atoms with Gasteiger partial charge in [0.15, 0.2) is 6.10 Å². The third-order valence-electron chi connectivity index (χ3n) is 5.07. The lowest BCUT2D eigenvalue weighted by Gasteiger charge is -2.12. The van der Waals surface area contributed by atoms with Crippen LogP contribution in [0.2, 0.25) is 0 Å². The number of ether oxygens (including phenoxy) is 1. The molecule has 0 aliphatic rings. The molecule has 4 rings (SSSR count). The number of hydrogen-bond donors (Lipinski definition) is 2. The summed E-state index contributed by atoms with van der Waals surface area (Å²) in [5.74, 6) is -0.434. The smallest absolute Gasteiger partial charge is 0.417 e. The predicted molar refractivity (Wildman–Crippen MR) is 114 cm³/mol. The first-order chi connectivity index (χ1) is 15.7. The summed E-state index contributed by atoms with van der Waals surface area (Å²) in [4.78, 5) is 11.5. The highest BCUT2D eigenvalue weighted by Crippen LogP contribution is 2.35. The van der Waals surface area contributed by atoms with Gasteiger partial charge in [-0.1, -0.05) is 18.2 Å². The van der Waals surface area contributed by atoms with E-state index in [1.807, 2.05) is 12.1 Å². The fraction of sp³-hybridized carbons (Fsp3) is 0.0833. The average molecular weight is 451 g/mol. The zero-order chi connectivity index (χ0) is 23.8. The second kappa shape index (κ2) is 8.33. The monoisotopic (exact) mass is 451 g/mol. The van der Waals surface area contributed by atoms with E-state index in [1.165, 1.54) is 6.07 Å². The molecule has 0 saturated carbocycles. The number of alkyl halides is 3. The molecule has 3 aromatic carbocycles. The summed E-state index contributed by atoms with van der Waals surface area (Å²) in [5, 5.41) is 19.9. The second-order valence-corrected chi connectivity index (χ2v) is 7.19. The lowest BCUT2D eigenvalue weighted by molar-refractivity contribution is -0.137. The van der Waals surface area contributed by atoms with Crippen molar-refractivity contribution in [1.29, 1.82) is 5.26 Å². The number of amides is 1. The fourth-order valence-corrected chi connectivity index (χ4v) is 3.53. The Morgan fingerprint density at radius 2 is 1.73 bits per heavy atom. The second-order valence-electron chi connectivity index (χ2n) is 7.19. The quantitative estimate of drug-likeness (QED) is 0.454. The molecule has 1 unspecified atom stereocenters. The summed E-state index contributed by atoms with van der Waals surface area (Å²) >= 11 is 0. The van der Waals surface area contributed by atoms with E-state index in [1.54, 1.807) is 47.2 Å². The Bertz CT molecular complexity index is 1390. The molecule has 1 amide bonds. The molecule has 0 fully saturated rings. The maximum atomic E-state index is 13.0. The van der Waals surface area contributed by atoms with E-state index >= 15 is 0 Å². The Kier molecular flexibility index (Phi) is 5.54. The molecule has 0 bridgehead atoms. The number of primary amides is 1. The van der Waals surface area contributed by atoms with Crippen molar-refractivity contribution in [1.82, 2.24) is 4.57 Å². The minimum atomic E-state index is -4.63. The van der Waals surface area contributed by atoms with Crippen LogP contribution in [0.25, 0.3) is 16.6 Å². The summed E-state index contributed by atoms with van der Waals surface area (Å²) in [6.45, 7) is 0. The summed E-state index contributed by atoms with van der Waals surface area (Å²) in [7, 11) is 0. The SMILES string of the molecule is N#Cc1cc(Oc2ccc(-n3cc(C(O)C(N)=O)c4ccccc43)cc2)ccc1C(F)(F)F. The Labute approximate surface area is 185 Å². The van der Waals surface area contributed by atoms with Crippen LogP contribution in [-0.4, -0.2) is 15.6 Å². The first-order valence-electron chi connectivity index (χ1n) is 9.66. The molecular weight excluding hydrogens is 435 g/mol. The number of nitrogens with two attached hydrogens (primary N) is 1. The van der Waals surface area contributed by atoms with Gasteiger partial charge in [0.25, 0.3) is 5.91 Å². The number of aliphatic hydroxyl groups is 1. The molecule has 3 N–H and O–H groups in total. The Morgan fingerprint density at radius 3 is 2.36 bits per heavy atom. The number of nitrogens with zero attached hydrogens (tertiary/aromatic N) is 2. The van der Waals surface area contributed by atoms with Crippen LogP contribution in [-0.2, 0) is 11.0 Å². The molecule has 166 valence electrons. The highest BCUT2D eigenvalue weighted by atomic mass is 19.4. The minimum absolute atomic E-state index is 0.0885. The number of aromatic nitrogens is 1. The summed E-state index contributed by atoms with van der Waals surface area (Å²) in [6.07, 6.45) is -4.48. The highest BCUT2D eigenvalue weighted by Gasteiger charge is 2.33. The lowest BCUT2D eigenvalue weighted by Crippen LogP contribution is -2.20. The number of para-hydroxylation sites is 1. The highest BCUT2D eigenvalue weighted by molar-refractivity contribution is 5.91. The Hall–Kier alpha value is -4.29. The number of benzene rings is 3. The van der Waals surface area contributed by atoms with Crippen LogP contribution >= 0.6 is 0 Å². The van der Waals surface area contributed by atoms with Gasteiger partial charge in [-0.25, -0.2) is 0 Å². The van der Waals surface area contributed by atoms with Crippen LogP contribution in [0.15, 0.2) is 72.9 Å². The molecule has 1 aromatic heterocycles. The van der Waals surface area contributed by atoms with Gasteiger partial charge >= 0.3 is 6.18 Å². The van der Waals surface area contributed by atoms with E-state index in [4.69, 9.17) is 15.7 Å². The maximum Gasteiger partial charge on any atom is 0.417 e. The van der Waals surface area contributed by atoms with Crippen molar-refractivity contribution in [2.45, 2.75) is 12.3 Å². The van der Waals surface area contributed by atoms with E-state index in [-0.39, 0.29) is 5.75 Å². The van der Waals surface area contributed by atoms with Crippen LogP contribution in [0.5, 0.6) is 11.5 Å². The first-order valence-corrected chi connectivity index (χ1v) is 9.66.